The van der Waals surface area contributed by atoms with Gasteiger partial charge >= 0.3 is 18.5 Å². The van der Waals surface area contributed by atoms with Crippen molar-refractivity contribution >= 4 is 0 Å². The third-order valence-electron chi connectivity index (χ3n) is 5.58. The Morgan fingerprint density at radius 2 is 1.00 bits per heavy atom. The normalized spacial score (nSPS) is 11.2. The van der Waals surface area contributed by atoms with E-state index in [1.165, 1.54) is 24.3 Å². The van der Waals surface area contributed by atoms with Gasteiger partial charge in [-0.25, -0.2) is 0 Å². The zero-order valence-corrected chi connectivity index (χ0v) is 20.8. The lowest BCUT2D eigenvalue weighted by Crippen LogP contribution is -2.11. The summed E-state index contributed by atoms with van der Waals surface area (Å²) in [4.78, 5) is 0. The van der Waals surface area contributed by atoms with Crippen LogP contribution >= 0.6 is 0 Å². The average Bonchev–Trinajstić information content (AvgIpc) is 2.90. The van der Waals surface area contributed by atoms with Gasteiger partial charge in [0.25, 0.3) is 0 Å². The summed E-state index contributed by atoms with van der Waals surface area (Å²) in [5, 5.41) is 27.4. The number of hydrogen-bond acceptors (Lipinski definition) is 3. The Bertz CT molecular complexity index is 1750. The Hall–Kier alpha value is -5.38. The molecule has 42 heavy (non-hydrogen) atoms. The summed E-state index contributed by atoms with van der Waals surface area (Å²) in [7, 11) is 0. The molecule has 0 aliphatic heterocycles. The van der Waals surface area contributed by atoms with Gasteiger partial charge < -0.3 is 0 Å². The summed E-state index contributed by atoms with van der Waals surface area (Å²) >= 11 is 0. The van der Waals surface area contributed by atoms with Crippen molar-refractivity contribution in [3.05, 3.63) is 104 Å². The molecule has 0 atom stereocenters. The number of alkyl halides is 9. The number of benzene rings is 3. The first-order valence-electron chi connectivity index (χ1n) is 11.4. The standard InChI is InChI=1S/C30H12F9N3/c31-28(32,33)25-11-19(12-26(16-25)29(34,35)36)3-5-21-14-20(22(7-9-40)15-23(21)8-10-41)4-1-18-2-6-24(17-42)27(13-18)30(37,38)39/h2,6,11-16H,7-8H2. The van der Waals surface area contributed by atoms with Crippen LogP contribution in [-0.4, -0.2) is 0 Å². The van der Waals surface area contributed by atoms with E-state index in [2.05, 4.69) is 23.7 Å². The van der Waals surface area contributed by atoms with Gasteiger partial charge in [0, 0.05) is 22.3 Å². The molecule has 0 aliphatic rings. The minimum absolute atomic E-state index is 0.00989. The summed E-state index contributed by atoms with van der Waals surface area (Å²) in [6.07, 6.45) is -15.6. The van der Waals surface area contributed by atoms with E-state index in [1.54, 1.807) is 0 Å². The van der Waals surface area contributed by atoms with E-state index in [9.17, 15) is 50.0 Å². The molecule has 12 heteroatoms. The van der Waals surface area contributed by atoms with Gasteiger partial charge in [0.15, 0.2) is 0 Å². The molecule has 0 aromatic heterocycles. The van der Waals surface area contributed by atoms with Gasteiger partial charge in [-0.1, -0.05) is 29.7 Å². The van der Waals surface area contributed by atoms with Crippen LogP contribution in [0.5, 0.6) is 0 Å². The first-order valence-corrected chi connectivity index (χ1v) is 11.4. The smallest absolute Gasteiger partial charge is 0.198 e. The predicted octanol–water partition coefficient (Wildman–Crippen LogP) is 7.55. The van der Waals surface area contributed by atoms with Crippen LogP contribution in [0.25, 0.3) is 0 Å². The van der Waals surface area contributed by atoms with Crippen molar-refractivity contribution in [2.75, 3.05) is 0 Å². The molecule has 0 heterocycles. The number of halogens is 9. The van der Waals surface area contributed by atoms with Gasteiger partial charge in [-0.3, -0.25) is 0 Å². The molecule has 3 aromatic rings. The molecule has 0 radical (unpaired) electrons. The molecule has 3 nitrogen and oxygen atoms in total. The predicted molar refractivity (Wildman–Crippen MR) is 130 cm³/mol. The van der Waals surface area contributed by atoms with Gasteiger partial charge in [-0.2, -0.15) is 55.3 Å². The maximum atomic E-state index is 13.3. The molecule has 0 saturated carbocycles. The van der Waals surface area contributed by atoms with E-state index in [0.717, 1.165) is 6.07 Å². The lowest BCUT2D eigenvalue weighted by molar-refractivity contribution is -0.143. The van der Waals surface area contributed by atoms with E-state index in [4.69, 9.17) is 5.26 Å². The summed E-state index contributed by atoms with van der Waals surface area (Å²) in [6, 6.07) is 11.3. The number of hydrogen-bond donors (Lipinski definition) is 0. The van der Waals surface area contributed by atoms with Crippen molar-refractivity contribution in [2.24, 2.45) is 0 Å². The highest BCUT2D eigenvalue weighted by Gasteiger charge is 2.37. The van der Waals surface area contributed by atoms with Crippen LogP contribution < -0.4 is 0 Å². The Morgan fingerprint density at radius 3 is 1.43 bits per heavy atom. The molecule has 0 amide bonds. The molecule has 0 aliphatic carbocycles. The second-order valence-corrected chi connectivity index (χ2v) is 8.50. The van der Waals surface area contributed by atoms with Crippen LogP contribution in [-0.2, 0) is 31.4 Å². The molecule has 0 saturated heterocycles. The molecule has 0 bridgehead atoms. The summed E-state index contributed by atoms with van der Waals surface area (Å²) in [5.41, 5.74) is -5.24. The Kier molecular flexibility index (Phi) is 8.91. The van der Waals surface area contributed by atoms with Crippen molar-refractivity contribution in [3.8, 4) is 41.9 Å². The van der Waals surface area contributed by atoms with Crippen molar-refractivity contribution in [1.29, 1.82) is 15.8 Å². The lowest BCUT2D eigenvalue weighted by Gasteiger charge is -2.12. The zero-order valence-electron chi connectivity index (χ0n) is 20.8. The van der Waals surface area contributed by atoms with Crippen LogP contribution in [0.2, 0.25) is 0 Å². The topological polar surface area (TPSA) is 71.4 Å². The van der Waals surface area contributed by atoms with Crippen LogP contribution in [0.4, 0.5) is 39.5 Å². The fourth-order valence-electron chi connectivity index (χ4n) is 3.65. The third kappa shape index (κ3) is 7.63. The van der Waals surface area contributed by atoms with Crippen LogP contribution in [0.3, 0.4) is 0 Å². The average molecular weight is 585 g/mol. The molecule has 0 unspecified atom stereocenters. The van der Waals surface area contributed by atoms with Gasteiger partial charge in [0.2, 0.25) is 0 Å². The van der Waals surface area contributed by atoms with Crippen LogP contribution in [0, 0.1) is 57.7 Å². The zero-order chi connectivity index (χ0) is 31.3. The minimum atomic E-state index is -5.09. The maximum absolute atomic E-state index is 13.3. The van der Waals surface area contributed by atoms with E-state index in [-0.39, 0.29) is 46.7 Å². The van der Waals surface area contributed by atoms with Crippen molar-refractivity contribution < 1.29 is 39.5 Å². The van der Waals surface area contributed by atoms with Crippen molar-refractivity contribution in [3.63, 3.8) is 0 Å². The number of nitrogens with zero attached hydrogens (tertiary/aromatic N) is 3. The molecule has 0 spiro atoms. The molecular formula is C30H12F9N3. The molecule has 210 valence electrons. The molecular weight excluding hydrogens is 573 g/mol. The van der Waals surface area contributed by atoms with Gasteiger partial charge in [-0.05, 0) is 53.6 Å². The van der Waals surface area contributed by atoms with Crippen molar-refractivity contribution in [2.45, 2.75) is 31.4 Å². The van der Waals surface area contributed by atoms with E-state index < -0.39 is 46.3 Å². The first kappa shape index (κ1) is 31.2. The minimum Gasteiger partial charge on any atom is -0.198 e. The molecule has 3 rings (SSSR count). The summed E-state index contributed by atoms with van der Waals surface area (Å²) in [5.74, 6) is 9.79. The van der Waals surface area contributed by atoms with Gasteiger partial charge in [-0.15, -0.1) is 0 Å². The number of nitriles is 3. The molecule has 3 aromatic carbocycles. The van der Waals surface area contributed by atoms with Crippen molar-refractivity contribution in [1.82, 2.24) is 0 Å². The highest BCUT2D eigenvalue weighted by molar-refractivity contribution is 5.58. The second-order valence-electron chi connectivity index (χ2n) is 8.50. The lowest BCUT2D eigenvalue weighted by atomic mass is 9.95. The number of rotatable bonds is 2. The van der Waals surface area contributed by atoms with Gasteiger partial charge in [0.05, 0.1) is 53.3 Å². The second kappa shape index (κ2) is 12.0. The first-order chi connectivity index (χ1) is 19.6. The fourth-order valence-corrected chi connectivity index (χ4v) is 3.65. The quantitative estimate of drug-likeness (QED) is 0.230. The van der Waals surface area contributed by atoms with Gasteiger partial charge in [0.1, 0.15) is 0 Å². The Balaban J connectivity index is 2.19. The Morgan fingerprint density at radius 1 is 0.500 bits per heavy atom. The van der Waals surface area contributed by atoms with E-state index >= 15 is 0 Å². The fraction of sp³-hybridized carbons (Fsp3) is 0.167. The van der Waals surface area contributed by atoms with E-state index in [1.807, 2.05) is 12.1 Å². The third-order valence-corrected chi connectivity index (χ3v) is 5.58. The molecule has 0 N–H and O–H groups in total. The monoisotopic (exact) mass is 585 g/mol. The van der Waals surface area contributed by atoms with Crippen LogP contribution in [0.1, 0.15) is 55.6 Å². The largest absolute Gasteiger partial charge is 0.417 e. The SMILES string of the molecule is N#CCc1cc(CC#N)c(C#Cc2ccc(C#N)c(C(F)(F)F)c2)cc1C#Cc1cc(C(F)(F)F)cc(C(F)(F)F)c1. The Labute approximate surface area is 233 Å². The molecule has 0 fully saturated rings. The highest BCUT2D eigenvalue weighted by Crippen LogP contribution is 2.36. The summed E-state index contributed by atoms with van der Waals surface area (Å²) < 4.78 is 119. The van der Waals surface area contributed by atoms with E-state index in [0.29, 0.717) is 18.2 Å². The highest BCUT2D eigenvalue weighted by atomic mass is 19.4. The summed E-state index contributed by atoms with van der Waals surface area (Å²) in [6.45, 7) is 0. The maximum Gasteiger partial charge on any atom is 0.417 e. The van der Waals surface area contributed by atoms with Crippen LogP contribution in [0.15, 0.2) is 48.5 Å².